The maximum Gasteiger partial charge on any atom is 0.209 e. The minimum Gasteiger partial charge on any atom is -0.460 e. The molecule has 0 N–H and O–H groups in total. The van der Waals surface area contributed by atoms with Crippen LogP contribution < -0.4 is 0 Å². The molecule has 0 aliphatic heterocycles. The highest BCUT2D eigenvalue weighted by atomic mass is 79.9. The SMILES string of the molecule is CCC(CC)(C(=O)c1occc1Br)c1ccccc1. The summed E-state index contributed by atoms with van der Waals surface area (Å²) in [5.41, 5.74) is 0.537. The number of benzene rings is 1. The number of carbonyl (C=O) groups excluding carboxylic acids is 1. The third-order valence-corrected chi connectivity index (χ3v) is 4.42. The lowest BCUT2D eigenvalue weighted by molar-refractivity contribution is 0.0842. The molecule has 0 unspecified atom stereocenters. The summed E-state index contributed by atoms with van der Waals surface area (Å²) < 4.78 is 6.08. The summed E-state index contributed by atoms with van der Waals surface area (Å²) in [6.07, 6.45) is 3.04. The highest BCUT2D eigenvalue weighted by Gasteiger charge is 2.39. The van der Waals surface area contributed by atoms with Crippen molar-refractivity contribution in [1.29, 1.82) is 0 Å². The predicted molar refractivity (Wildman–Crippen MR) is 79.4 cm³/mol. The molecule has 0 saturated carbocycles. The van der Waals surface area contributed by atoms with Crippen molar-refractivity contribution < 1.29 is 9.21 Å². The van der Waals surface area contributed by atoms with Gasteiger partial charge in [0.15, 0.2) is 5.76 Å². The van der Waals surface area contributed by atoms with E-state index in [4.69, 9.17) is 4.42 Å². The standard InChI is InChI=1S/C16H17BrO2/c1-3-16(4-2,12-8-6-5-7-9-12)15(18)14-13(17)10-11-19-14/h5-11H,3-4H2,1-2H3. The fourth-order valence-corrected chi connectivity index (χ4v) is 2.92. The first kappa shape index (κ1) is 14.1. The number of ketones is 1. The van der Waals surface area contributed by atoms with Crippen LogP contribution in [0.25, 0.3) is 0 Å². The third kappa shape index (κ3) is 2.39. The van der Waals surface area contributed by atoms with Gasteiger partial charge in [0.1, 0.15) is 0 Å². The lowest BCUT2D eigenvalue weighted by Gasteiger charge is -2.30. The van der Waals surface area contributed by atoms with Crippen LogP contribution in [-0.4, -0.2) is 5.78 Å². The number of Topliss-reactive ketones (excluding diaryl/α,β-unsaturated/α-hetero) is 1. The molecule has 0 bridgehead atoms. The molecule has 1 aromatic carbocycles. The zero-order valence-electron chi connectivity index (χ0n) is 11.2. The van der Waals surface area contributed by atoms with Crippen LogP contribution in [0.5, 0.6) is 0 Å². The van der Waals surface area contributed by atoms with Crippen LogP contribution in [0.3, 0.4) is 0 Å². The van der Waals surface area contributed by atoms with Crippen LogP contribution in [0.15, 0.2) is 51.6 Å². The zero-order chi connectivity index (χ0) is 13.9. The van der Waals surface area contributed by atoms with Crippen molar-refractivity contribution >= 4 is 21.7 Å². The molecule has 0 fully saturated rings. The first-order valence-electron chi connectivity index (χ1n) is 6.49. The average molecular weight is 321 g/mol. The molecule has 2 nitrogen and oxygen atoms in total. The van der Waals surface area contributed by atoms with E-state index in [0.717, 1.165) is 22.9 Å². The lowest BCUT2D eigenvalue weighted by Crippen LogP contribution is -2.34. The summed E-state index contributed by atoms with van der Waals surface area (Å²) in [7, 11) is 0. The Labute approximate surface area is 122 Å². The van der Waals surface area contributed by atoms with Gasteiger partial charge in [0, 0.05) is 0 Å². The summed E-state index contributed by atoms with van der Waals surface area (Å²) >= 11 is 3.38. The first-order chi connectivity index (χ1) is 9.15. The van der Waals surface area contributed by atoms with Gasteiger partial charge in [-0.15, -0.1) is 0 Å². The Bertz CT molecular complexity index is 553. The van der Waals surface area contributed by atoms with Gasteiger partial charge in [0.2, 0.25) is 5.78 Å². The van der Waals surface area contributed by atoms with E-state index >= 15 is 0 Å². The molecule has 0 aliphatic carbocycles. The second-order valence-electron chi connectivity index (χ2n) is 4.58. The minimum atomic E-state index is -0.512. The van der Waals surface area contributed by atoms with Crippen LogP contribution in [0.1, 0.15) is 42.8 Å². The number of carbonyl (C=O) groups is 1. The van der Waals surface area contributed by atoms with Crippen molar-refractivity contribution in [3.05, 3.63) is 58.5 Å². The van der Waals surface area contributed by atoms with Crippen molar-refractivity contribution in [3.63, 3.8) is 0 Å². The van der Waals surface area contributed by atoms with Gasteiger partial charge >= 0.3 is 0 Å². The third-order valence-electron chi connectivity index (χ3n) is 3.79. The van der Waals surface area contributed by atoms with E-state index in [1.54, 1.807) is 12.3 Å². The van der Waals surface area contributed by atoms with Crippen LogP contribution in [0.4, 0.5) is 0 Å². The number of rotatable bonds is 5. The maximum absolute atomic E-state index is 12.9. The first-order valence-corrected chi connectivity index (χ1v) is 7.28. The van der Waals surface area contributed by atoms with Crippen molar-refractivity contribution in [2.24, 2.45) is 0 Å². The maximum atomic E-state index is 12.9. The van der Waals surface area contributed by atoms with Gasteiger partial charge in [-0.05, 0) is 40.4 Å². The predicted octanol–water partition coefficient (Wildman–Crippen LogP) is 4.98. The van der Waals surface area contributed by atoms with E-state index in [-0.39, 0.29) is 5.78 Å². The summed E-state index contributed by atoms with van der Waals surface area (Å²) in [5, 5.41) is 0. The highest BCUT2D eigenvalue weighted by Crippen LogP contribution is 2.37. The van der Waals surface area contributed by atoms with Crippen LogP contribution >= 0.6 is 15.9 Å². The molecule has 0 atom stereocenters. The highest BCUT2D eigenvalue weighted by molar-refractivity contribution is 9.10. The van der Waals surface area contributed by atoms with Gasteiger partial charge in [-0.3, -0.25) is 4.79 Å². The second-order valence-corrected chi connectivity index (χ2v) is 5.44. The van der Waals surface area contributed by atoms with Crippen molar-refractivity contribution in [3.8, 4) is 0 Å². The molecule has 0 spiro atoms. The Morgan fingerprint density at radius 3 is 2.26 bits per heavy atom. The topological polar surface area (TPSA) is 30.2 Å². The number of hydrogen-bond donors (Lipinski definition) is 0. The summed E-state index contributed by atoms with van der Waals surface area (Å²) in [5.74, 6) is 0.452. The van der Waals surface area contributed by atoms with E-state index in [9.17, 15) is 4.79 Å². The van der Waals surface area contributed by atoms with Gasteiger partial charge in [-0.25, -0.2) is 0 Å². The Balaban J connectivity index is 2.52. The number of hydrogen-bond acceptors (Lipinski definition) is 2. The van der Waals surface area contributed by atoms with Crippen molar-refractivity contribution in [1.82, 2.24) is 0 Å². The fraction of sp³-hybridized carbons (Fsp3) is 0.312. The van der Waals surface area contributed by atoms with Gasteiger partial charge < -0.3 is 4.42 Å². The van der Waals surface area contributed by atoms with Crippen molar-refractivity contribution in [2.75, 3.05) is 0 Å². The average Bonchev–Trinajstić information content (AvgIpc) is 2.88. The molecule has 2 aromatic rings. The lowest BCUT2D eigenvalue weighted by atomic mass is 9.72. The van der Waals surface area contributed by atoms with E-state index < -0.39 is 5.41 Å². The van der Waals surface area contributed by atoms with E-state index in [0.29, 0.717) is 5.76 Å². The molecule has 0 amide bonds. The Hall–Kier alpha value is -1.35. The zero-order valence-corrected chi connectivity index (χ0v) is 12.7. The van der Waals surface area contributed by atoms with E-state index in [2.05, 4.69) is 15.9 Å². The molecule has 2 rings (SSSR count). The Kier molecular flexibility index (Phi) is 4.25. The van der Waals surface area contributed by atoms with E-state index in [1.165, 1.54) is 0 Å². The van der Waals surface area contributed by atoms with Gasteiger partial charge in [-0.1, -0.05) is 44.2 Å². The molecule has 0 aliphatic rings. The van der Waals surface area contributed by atoms with Gasteiger partial charge in [0.25, 0.3) is 0 Å². The fourth-order valence-electron chi connectivity index (χ4n) is 2.54. The van der Waals surface area contributed by atoms with Crippen molar-refractivity contribution in [2.45, 2.75) is 32.1 Å². The molecular formula is C16H17BrO2. The van der Waals surface area contributed by atoms with Gasteiger partial charge in [-0.2, -0.15) is 0 Å². The Morgan fingerprint density at radius 1 is 1.16 bits per heavy atom. The molecular weight excluding hydrogens is 304 g/mol. The van der Waals surface area contributed by atoms with Gasteiger partial charge in [0.05, 0.1) is 16.2 Å². The molecule has 3 heteroatoms. The number of furan rings is 1. The largest absolute Gasteiger partial charge is 0.460 e. The van der Waals surface area contributed by atoms with E-state index in [1.807, 2.05) is 44.2 Å². The quantitative estimate of drug-likeness (QED) is 0.727. The molecule has 100 valence electrons. The Morgan fingerprint density at radius 2 is 1.79 bits per heavy atom. The van der Waals surface area contributed by atoms with Crippen LogP contribution in [-0.2, 0) is 5.41 Å². The molecule has 19 heavy (non-hydrogen) atoms. The van der Waals surface area contributed by atoms with Crippen LogP contribution in [0.2, 0.25) is 0 Å². The summed E-state index contributed by atoms with van der Waals surface area (Å²) in [4.78, 5) is 12.9. The summed E-state index contributed by atoms with van der Waals surface area (Å²) in [6, 6.07) is 11.7. The molecule has 0 saturated heterocycles. The molecule has 0 radical (unpaired) electrons. The van der Waals surface area contributed by atoms with Crippen LogP contribution in [0, 0.1) is 0 Å². The smallest absolute Gasteiger partial charge is 0.209 e. The summed E-state index contributed by atoms with van der Waals surface area (Å²) in [6.45, 7) is 4.09. The minimum absolute atomic E-state index is 0.0422. The normalized spacial score (nSPS) is 11.5. The monoisotopic (exact) mass is 320 g/mol. The number of halogens is 1. The molecule has 1 heterocycles. The second kappa shape index (κ2) is 5.74. The molecule has 1 aromatic heterocycles.